The summed E-state index contributed by atoms with van der Waals surface area (Å²) in [6.45, 7) is 1.08. The lowest BCUT2D eigenvalue weighted by Gasteiger charge is -2.27. The molecule has 0 aliphatic carbocycles. The lowest BCUT2D eigenvalue weighted by atomic mass is 9.91. The zero-order chi connectivity index (χ0) is 11.5. The van der Waals surface area contributed by atoms with E-state index in [0.717, 1.165) is 19.4 Å². The van der Waals surface area contributed by atoms with Crippen LogP contribution in [0.5, 0.6) is 0 Å². The highest BCUT2D eigenvalue weighted by atomic mass is 14.9. The number of hydrogen-bond acceptors (Lipinski definition) is 2. The van der Waals surface area contributed by atoms with Gasteiger partial charge < -0.3 is 5.32 Å². The summed E-state index contributed by atoms with van der Waals surface area (Å²) in [5, 5.41) is 3.60. The molecule has 1 aromatic carbocycles. The van der Waals surface area contributed by atoms with Crippen LogP contribution in [-0.2, 0) is 12.8 Å². The largest absolute Gasteiger partial charge is 0.309 e. The van der Waals surface area contributed by atoms with Crippen LogP contribution in [0.1, 0.15) is 22.7 Å². The van der Waals surface area contributed by atoms with Gasteiger partial charge in [-0.3, -0.25) is 4.98 Å². The Kier molecular flexibility index (Phi) is 2.88. The number of rotatable bonds is 2. The molecule has 1 N–H and O–H groups in total. The van der Waals surface area contributed by atoms with E-state index >= 15 is 0 Å². The molecule has 2 aromatic rings. The molecular formula is C15H16N2. The Bertz CT molecular complexity index is 493. The molecule has 0 amide bonds. The van der Waals surface area contributed by atoms with Crippen LogP contribution in [0, 0.1) is 0 Å². The minimum Gasteiger partial charge on any atom is -0.309 e. The monoisotopic (exact) mass is 224 g/mol. The summed E-state index contributed by atoms with van der Waals surface area (Å²) in [6.07, 6.45) is 5.91. The van der Waals surface area contributed by atoms with Gasteiger partial charge in [0, 0.05) is 18.4 Å². The van der Waals surface area contributed by atoms with Gasteiger partial charge in [-0.25, -0.2) is 0 Å². The van der Waals surface area contributed by atoms with E-state index in [9.17, 15) is 0 Å². The van der Waals surface area contributed by atoms with Crippen LogP contribution in [0.25, 0.3) is 0 Å². The molecule has 0 unspecified atom stereocenters. The highest BCUT2D eigenvalue weighted by Gasteiger charge is 2.18. The first kappa shape index (κ1) is 10.5. The fraction of sp³-hybridized carbons (Fsp3) is 0.267. The van der Waals surface area contributed by atoms with Gasteiger partial charge in [0.15, 0.2) is 0 Å². The Labute approximate surface area is 102 Å². The minimum atomic E-state index is 0.447. The molecule has 2 nitrogen and oxygen atoms in total. The first-order valence-electron chi connectivity index (χ1n) is 6.13. The normalized spacial score (nSPS) is 18.7. The number of nitrogens with zero attached hydrogens (tertiary/aromatic N) is 1. The van der Waals surface area contributed by atoms with Gasteiger partial charge in [0.2, 0.25) is 0 Å². The molecule has 17 heavy (non-hydrogen) atoms. The lowest BCUT2D eigenvalue weighted by Crippen LogP contribution is -2.31. The van der Waals surface area contributed by atoms with E-state index in [0.29, 0.717) is 6.04 Å². The highest BCUT2D eigenvalue weighted by molar-refractivity contribution is 5.33. The van der Waals surface area contributed by atoms with Crippen LogP contribution in [0.2, 0.25) is 0 Å². The summed E-state index contributed by atoms with van der Waals surface area (Å²) in [5.74, 6) is 0. The van der Waals surface area contributed by atoms with Gasteiger partial charge in [-0.1, -0.05) is 24.3 Å². The van der Waals surface area contributed by atoms with Crippen molar-refractivity contribution in [3.63, 3.8) is 0 Å². The number of fused-ring (bicyclic) bond motifs is 1. The Hall–Kier alpha value is -1.67. The molecule has 2 heteroatoms. The second-order valence-corrected chi connectivity index (χ2v) is 4.52. The third-order valence-corrected chi connectivity index (χ3v) is 3.40. The van der Waals surface area contributed by atoms with Gasteiger partial charge in [0.1, 0.15) is 0 Å². The maximum absolute atomic E-state index is 4.06. The van der Waals surface area contributed by atoms with Crippen molar-refractivity contribution in [3.8, 4) is 0 Å². The van der Waals surface area contributed by atoms with Gasteiger partial charge in [0.25, 0.3) is 0 Å². The summed E-state index contributed by atoms with van der Waals surface area (Å²) in [5.41, 5.74) is 4.29. The summed E-state index contributed by atoms with van der Waals surface area (Å²) in [4.78, 5) is 4.06. The fourth-order valence-electron chi connectivity index (χ4n) is 2.53. The molecular weight excluding hydrogens is 208 g/mol. The average molecular weight is 224 g/mol. The predicted molar refractivity (Wildman–Crippen MR) is 68.8 cm³/mol. The molecule has 0 saturated heterocycles. The zero-order valence-corrected chi connectivity index (χ0v) is 9.76. The molecule has 1 aliphatic heterocycles. The van der Waals surface area contributed by atoms with E-state index in [1.807, 2.05) is 12.4 Å². The molecule has 2 heterocycles. The second kappa shape index (κ2) is 4.68. The van der Waals surface area contributed by atoms with Gasteiger partial charge in [-0.15, -0.1) is 0 Å². The van der Waals surface area contributed by atoms with Crippen molar-refractivity contribution < 1.29 is 0 Å². The van der Waals surface area contributed by atoms with E-state index in [4.69, 9.17) is 0 Å². The van der Waals surface area contributed by atoms with Crippen LogP contribution in [-0.4, -0.2) is 11.5 Å². The van der Waals surface area contributed by atoms with Crippen LogP contribution < -0.4 is 5.32 Å². The standard InChI is InChI=1S/C15H16N2/c1-2-4-14-13(3-1)7-10-17-15(14)11-12-5-8-16-9-6-12/h1-6,8-9,15,17H,7,10-11H2/t15-/m0/s1. The summed E-state index contributed by atoms with van der Waals surface area (Å²) in [6, 6.07) is 13.4. The minimum absolute atomic E-state index is 0.447. The van der Waals surface area contributed by atoms with E-state index in [1.54, 1.807) is 0 Å². The number of pyridine rings is 1. The lowest BCUT2D eigenvalue weighted by molar-refractivity contribution is 0.502. The maximum atomic E-state index is 4.06. The second-order valence-electron chi connectivity index (χ2n) is 4.52. The van der Waals surface area contributed by atoms with Crippen LogP contribution in [0.3, 0.4) is 0 Å². The Balaban J connectivity index is 1.86. The van der Waals surface area contributed by atoms with Crippen molar-refractivity contribution in [2.75, 3.05) is 6.54 Å². The van der Waals surface area contributed by atoms with Crippen molar-refractivity contribution in [3.05, 3.63) is 65.5 Å². The maximum Gasteiger partial charge on any atom is 0.0363 e. The topological polar surface area (TPSA) is 24.9 Å². The van der Waals surface area contributed by atoms with E-state index in [1.165, 1.54) is 16.7 Å². The Morgan fingerprint density at radius 2 is 1.94 bits per heavy atom. The first-order valence-corrected chi connectivity index (χ1v) is 6.13. The summed E-state index contributed by atoms with van der Waals surface area (Å²) >= 11 is 0. The molecule has 1 aromatic heterocycles. The molecule has 86 valence electrons. The molecule has 3 rings (SSSR count). The molecule has 1 aliphatic rings. The Morgan fingerprint density at radius 3 is 2.82 bits per heavy atom. The van der Waals surface area contributed by atoms with Gasteiger partial charge in [0.05, 0.1) is 0 Å². The van der Waals surface area contributed by atoms with Gasteiger partial charge in [-0.05, 0) is 48.2 Å². The summed E-state index contributed by atoms with van der Waals surface area (Å²) in [7, 11) is 0. The highest BCUT2D eigenvalue weighted by Crippen LogP contribution is 2.25. The van der Waals surface area contributed by atoms with Crippen LogP contribution in [0.4, 0.5) is 0 Å². The van der Waals surface area contributed by atoms with Gasteiger partial charge in [-0.2, -0.15) is 0 Å². The smallest absolute Gasteiger partial charge is 0.0363 e. The van der Waals surface area contributed by atoms with E-state index in [-0.39, 0.29) is 0 Å². The quantitative estimate of drug-likeness (QED) is 0.847. The zero-order valence-electron chi connectivity index (χ0n) is 9.76. The molecule has 1 atom stereocenters. The number of nitrogens with one attached hydrogen (secondary N) is 1. The third kappa shape index (κ3) is 2.22. The van der Waals surface area contributed by atoms with Crippen molar-refractivity contribution in [2.45, 2.75) is 18.9 Å². The van der Waals surface area contributed by atoms with Crippen molar-refractivity contribution in [2.24, 2.45) is 0 Å². The molecule has 0 fully saturated rings. The SMILES string of the molecule is c1ccc2c(c1)CCN[C@H]2Cc1ccncc1. The van der Waals surface area contributed by atoms with Gasteiger partial charge >= 0.3 is 0 Å². The van der Waals surface area contributed by atoms with E-state index < -0.39 is 0 Å². The molecule has 0 saturated carbocycles. The van der Waals surface area contributed by atoms with Crippen molar-refractivity contribution in [1.29, 1.82) is 0 Å². The average Bonchev–Trinajstić information content (AvgIpc) is 2.40. The predicted octanol–water partition coefficient (Wildman–Crippen LogP) is 2.51. The van der Waals surface area contributed by atoms with Crippen molar-refractivity contribution in [1.82, 2.24) is 10.3 Å². The molecule has 0 bridgehead atoms. The fourth-order valence-corrected chi connectivity index (χ4v) is 2.53. The Morgan fingerprint density at radius 1 is 1.12 bits per heavy atom. The number of aromatic nitrogens is 1. The summed E-state index contributed by atoms with van der Waals surface area (Å²) < 4.78 is 0. The number of benzene rings is 1. The van der Waals surface area contributed by atoms with Crippen LogP contribution in [0.15, 0.2) is 48.8 Å². The van der Waals surface area contributed by atoms with Crippen molar-refractivity contribution >= 4 is 0 Å². The molecule has 0 radical (unpaired) electrons. The third-order valence-electron chi connectivity index (χ3n) is 3.40. The van der Waals surface area contributed by atoms with E-state index in [2.05, 4.69) is 46.7 Å². The first-order chi connectivity index (χ1) is 8.43. The molecule has 0 spiro atoms. The number of hydrogen-bond donors (Lipinski definition) is 1. The van der Waals surface area contributed by atoms with Crippen LogP contribution >= 0.6 is 0 Å².